The van der Waals surface area contributed by atoms with Crippen LogP contribution < -0.4 is 5.32 Å². The maximum absolute atomic E-state index is 9.55. The Balaban J connectivity index is 2.43. The quantitative estimate of drug-likeness (QED) is 0.697. The lowest BCUT2D eigenvalue weighted by molar-refractivity contribution is -0.0402. The molecule has 1 aliphatic rings. The van der Waals surface area contributed by atoms with Gasteiger partial charge < -0.3 is 15.2 Å². The molecule has 0 spiro atoms. The van der Waals surface area contributed by atoms with Gasteiger partial charge in [0.15, 0.2) is 0 Å². The molecule has 1 saturated heterocycles. The minimum atomic E-state index is -0.189. The van der Waals surface area contributed by atoms with Crippen LogP contribution in [0.4, 0.5) is 0 Å². The fourth-order valence-corrected chi connectivity index (χ4v) is 2.25. The molecular formula is C13H28N2O2. The van der Waals surface area contributed by atoms with Gasteiger partial charge in [-0.05, 0) is 26.3 Å². The third-order valence-corrected chi connectivity index (χ3v) is 3.40. The van der Waals surface area contributed by atoms with Gasteiger partial charge in [-0.1, -0.05) is 13.8 Å². The minimum Gasteiger partial charge on any atom is -0.394 e. The topological polar surface area (TPSA) is 44.7 Å². The predicted octanol–water partition coefficient (Wildman–Crippen LogP) is 0.848. The molecule has 0 bridgehead atoms. The average Bonchev–Trinajstić information content (AvgIpc) is 2.36. The van der Waals surface area contributed by atoms with E-state index in [-0.39, 0.29) is 12.1 Å². The maximum Gasteiger partial charge on any atom is 0.0700 e. The Labute approximate surface area is 105 Å². The zero-order chi connectivity index (χ0) is 12.7. The van der Waals surface area contributed by atoms with Crippen LogP contribution in [-0.2, 0) is 4.74 Å². The summed E-state index contributed by atoms with van der Waals surface area (Å²) in [5.41, 5.74) is -0.189. The number of nitrogens with one attached hydrogen (secondary N) is 1. The minimum absolute atomic E-state index is 0.182. The molecule has 1 rings (SSSR count). The first kappa shape index (κ1) is 14.9. The van der Waals surface area contributed by atoms with Crippen molar-refractivity contribution in [2.45, 2.75) is 45.3 Å². The van der Waals surface area contributed by atoms with Gasteiger partial charge in [0.1, 0.15) is 0 Å². The van der Waals surface area contributed by atoms with Crippen LogP contribution in [0.1, 0.15) is 33.6 Å². The lowest BCUT2D eigenvalue weighted by Crippen LogP contribution is -2.57. The zero-order valence-corrected chi connectivity index (χ0v) is 11.5. The summed E-state index contributed by atoms with van der Waals surface area (Å²) in [7, 11) is 0. The molecule has 2 N–H and O–H groups in total. The molecule has 1 heterocycles. The molecule has 1 fully saturated rings. The van der Waals surface area contributed by atoms with E-state index in [1.165, 1.54) is 0 Å². The summed E-state index contributed by atoms with van der Waals surface area (Å²) < 4.78 is 5.66. The molecule has 0 aliphatic carbocycles. The highest BCUT2D eigenvalue weighted by Crippen LogP contribution is 2.12. The molecular weight excluding hydrogens is 216 g/mol. The van der Waals surface area contributed by atoms with Crippen LogP contribution in [0.3, 0.4) is 0 Å². The van der Waals surface area contributed by atoms with E-state index in [4.69, 9.17) is 4.74 Å². The fourth-order valence-electron chi connectivity index (χ4n) is 2.25. The van der Waals surface area contributed by atoms with Crippen LogP contribution in [0.15, 0.2) is 0 Å². The van der Waals surface area contributed by atoms with Gasteiger partial charge in [-0.2, -0.15) is 0 Å². The SMILES string of the molecule is CCCNC(C)(CO)CN1CCOC(CC)C1. The first-order valence-electron chi connectivity index (χ1n) is 6.83. The third kappa shape index (κ3) is 4.92. The lowest BCUT2D eigenvalue weighted by atomic mass is 10.0. The van der Waals surface area contributed by atoms with Gasteiger partial charge in [0.05, 0.1) is 24.9 Å². The molecule has 0 radical (unpaired) electrons. The molecule has 4 heteroatoms. The third-order valence-electron chi connectivity index (χ3n) is 3.40. The van der Waals surface area contributed by atoms with Gasteiger partial charge in [-0.15, -0.1) is 0 Å². The van der Waals surface area contributed by atoms with Crippen molar-refractivity contribution in [3.05, 3.63) is 0 Å². The van der Waals surface area contributed by atoms with Crippen molar-refractivity contribution >= 4 is 0 Å². The fraction of sp³-hybridized carbons (Fsp3) is 1.00. The van der Waals surface area contributed by atoms with E-state index in [1.807, 2.05) is 0 Å². The molecule has 0 aromatic carbocycles. The summed E-state index contributed by atoms with van der Waals surface area (Å²) >= 11 is 0. The molecule has 102 valence electrons. The molecule has 1 aliphatic heterocycles. The van der Waals surface area contributed by atoms with Crippen LogP contribution in [0, 0.1) is 0 Å². The first-order chi connectivity index (χ1) is 8.13. The van der Waals surface area contributed by atoms with Crippen LogP contribution in [0.2, 0.25) is 0 Å². The molecule has 0 saturated carbocycles. The average molecular weight is 244 g/mol. The highest BCUT2D eigenvalue weighted by Gasteiger charge is 2.28. The molecule has 0 aromatic rings. The molecule has 0 amide bonds. The Morgan fingerprint density at radius 1 is 1.47 bits per heavy atom. The summed E-state index contributed by atoms with van der Waals surface area (Å²) in [6.07, 6.45) is 2.52. The van der Waals surface area contributed by atoms with Crippen LogP contribution >= 0.6 is 0 Å². The Bertz CT molecular complexity index is 214. The van der Waals surface area contributed by atoms with E-state index >= 15 is 0 Å². The summed E-state index contributed by atoms with van der Waals surface area (Å²) in [5, 5.41) is 13.0. The number of ether oxygens (including phenoxy) is 1. The monoisotopic (exact) mass is 244 g/mol. The van der Waals surface area contributed by atoms with E-state index in [9.17, 15) is 5.11 Å². The second-order valence-electron chi connectivity index (χ2n) is 5.28. The van der Waals surface area contributed by atoms with Crippen molar-refractivity contribution in [2.75, 3.05) is 39.4 Å². The second-order valence-corrected chi connectivity index (χ2v) is 5.28. The van der Waals surface area contributed by atoms with E-state index in [0.29, 0.717) is 6.10 Å². The first-order valence-corrected chi connectivity index (χ1v) is 6.83. The largest absolute Gasteiger partial charge is 0.394 e. The van der Waals surface area contributed by atoms with E-state index in [2.05, 4.69) is 31.0 Å². The van der Waals surface area contributed by atoms with Gasteiger partial charge in [0, 0.05) is 19.6 Å². The van der Waals surface area contributed by atoms with Crippen molar-refractivity contribution < 1.29 is 9.84 Å². The molecule has 2 unspecified atom stereocenters. The highest BCUT2D eigenvalue weighted by atomic mass is 16.5. The predicted molar refractivity (Wildman–Crippen MR) is 70.3 cm³/mol. The number of hydrogen-bond acceptors (Lipinski definition) is 4. The number of aliphatic hydroxyl groups excluding tert-OH is 1. The van der Waals surface area contributed by atoms with E-state index in [1.54, 1.807) is 0 Å². The molecule has 4 nitrogen and oxygen atoms in total. The number of nitrogens with zero attached hydrogens (tertiary/aromatic N) is 1. The normalized spacial score (nSPS) is 25.8. The van der Waals surface area contributed by atoms with Gasteiger partial charge in [0.25, 0.3) is 0 Å². The van der Waals surface area contributed by atoms with Crippen molar-refractivity contribution in [1.82, 2.24) is 10.2 Å². The van der Waals surface area contributed by atoms with Crippen molar-refractivity contribution in [3.63, 3.8) is 0 Å². The van der Waals surface area contributed by atoms with Crippen molar-refractivity contribution in [2.24, 2.45) is 0 Å². The van der Waals surface area contributed by atoms with E-state index < -0.39 is 0 Å². The number of aliphatic hydroxyl groups is 1. The number of hydrogen-bond donors (Lipinski definition) is 2. The van der Waals surface area contributed by atoms with Gasteiger partial charge in [-0.3, -0.25) is 4.90 Å². The molecule has 2 atom stereocenters. The van der Waals surface area contributed by atoms with Gasteiger partial charge in [0.2, 0.25) is 0 Å². The molecule has 0 aromatic heterocycles. The molecule has 17 heavy (non-hydrogen) atoms. The summed E-state index contributed by atoms with van der Waals surface area (Å²) in [4.78, 5) is 2.40. The Morgan fingerprint density at radius 2 is 2.24 bits per heavy atom. The van der Waals surface area contributed by atoms with Crippen molar-refractivity contribution in [1.29, 1.82) is 0 Å². The lowest BCUT2D eigenvalue weighted by Gasteiger charge is -2.39. The highest BCUT2D eigenvalue weighted by molar-refractivity contribution is 4.87. The number of rotatable bonds is 7. The Kier molecular flexibility index (Phi) is 6.41. The summed E-state index contributed by atoms with van der Waals surface area (Å²) in [6, 6.07) is 0. The smallest absolute Gasteiger partial charge is 0.0700 e. The number of morpholine rings is 1. The standard InChI is InChI=1S/C13H28N2O2/c1-4-6-14-13(3,11-16)10-15-7-8-17-12(5-2)9-15/h12,14,16H,4-11H2,1-3H3. The van der Waals surface area contributed by atoms with Crippen molar-refractivity contribution in [3.8, 4) is 0 Å². The van der Waals surface area contributed by atoms with Crippen LogP contribution in [0.25, 0.3) is 0 Å². The van der Waals surface area contributed by atoms with Crippen LogP contribution in [-0.4, -0.2) is 61.0 Å². The summed E-state index contributed by atoms with van der Waals surface area (Å²) in [5.74, 6) is 0. The van der Waals surface area contributed by atoms with Crippen LogP contribution in [0.5, 0.6) is 0 Å². The Morgan fingerprint density at radius 3 is 2.82 bits per heavy atom. The van der Waals surface area contributed by atoms with E-state index in [0.717, 1.165) is 45.6 Å². The maximum atomic E-state index is 9.55. The second kappa shape index (κ2) is 7.31. The van der Waals surface area contributed by atoms with Gasteiger partial charge in [-0.25, -0.2) is 0 Å². The zero-order valence-electron chi connectivity index (χ0n) is 11.5. The van der Waals surface area contributed by atoms with Gasteiger partial charge >= 0.3 is 0 Å². The summed E-state index contributed by atoms with van der Waals surface area (Å²) in [6.45, 7) is 11.2. The Hall–Kier alpha value is -0.160.